The number of benzene rings is 3. The zero-order valence-electron chi connectivity index (χ0n) is 16.5. The minimum absolute atomic E-state index is 0.0427. The van der Waals surface area contributed by atoms with Crippen LogP contribution in [0.25, 0.3) is 0 Å². The van der Waals surface area contributed by atoms with Crippen molar-refractivity contribution in [1.29, 1.82) is 0 Å². The Kier molecular flexibility index (Phi) is 7.27. The molecule has 3 rings (SSSR count). The van der Waals surface area contributed by atoms with Crippen molar-refractivity contribution < 1.29 is 22.3 Å². The van der Waals surface area contributed by atoms with Crippen LogP contribution in [0, 0.1) is 5.82 Å². The molecule has 3 aromatic carbocycles. The highest BCUT2D eigenvalue weighted by Gasteiger charge is 2.29. The van der Waals surface area contributed by atoms with Gasteiger partial charge in [-0.1, -0.05) is 54.1 Å². The van der Waals surface area contributed by atoms with Crippen LogP contribution >= 0.6 is 11.6 Å². The molecule has 0 aliphatic heterocycles. The largest absolute Gasteiger partial charge is 0.495 e. The van der Waals surface area contributed by atoms with Crippen molar-refractivity contribution >= 4 is 33.2 Å². The van der Waals surface area contributed by atoms with Crippen molar-refractivity contribution in [3.8, 4) is 5.75 Å². The molecule has 1 atom stereocenters. The Morgan fingerprint density at radius 3 is 2.42 bits per heavy atom. The number of sulfonamides is 1. The van der Waals surface area contributed by atoms with Gasteiger partial charge in [-0.05, 0) is 42.3 Å². The van der Waals surface area contributed by atoms with E-state index in [1.54, 1.807) is 48.5 Å². The summed E-state index contributed by atoms with van der Waals surface area (Å²) in [6, 6.07) is 17.4. The molecule has 0 aliphatic rings. The van der Waals surface area contributed by atoms with Gasteiger partial charge in [-0.15, -0.1) is 0 Å². The summed E-state index contributed by atoms with van der Waals surface area (Å²) in [6.45, 7) is 0. The molecule has 0 fully saturated rings. The van der Waals surface area contributed by atoms with Gasteiger partial charge in [0, 0.05) is 0 Å². The van der Waals surface area contributed by atoms with Gasteiger partial charge in [0.2, 0.25) is 15.9 Å². The second kappa shape index (κ2) is 9.91. The average Bonchev–Trinajstić information content (AvgIpc) is 2.75. The second-order valence-electron chi connectivity index (χ2n) is 6.63. The molecule has 0 heterocycles. The summed E-state index contributed by atoms with van der Waals surface area (Å²) in [6.07, 6.45) is 0.0635. The molecule has 0 saturated heterocycles. The molecule has 162 valence electrons. The van der Waals surface area contributed by atoms with Crippen LogP contribution in [0.15, 0.2) is 77.7 Å². The molecule has 2 N–H and O–H groups in total. The number of ether oxygens (including phenoxy) is 1. The first-order valence-corrected chi connectivity index (χ1v) is 11.1. The van der Waals surface area contributed by atoms with Gasteiger partial charge in [-0.2, -0.15) is 4.72 Å². The number of nitrogens with one attached hydrogen (secondary N) is 2. The van der Waals surface area contributed by atoms with Crippen molar-refractivity contribution in [2.75, 3.05) is 12.4 Å². The number of carbonyl (C=O) groups is 1. The van der Waals surface area contributed by atoms with Gasteiger partial charge in [-0.3, -0.25) is 4.79 Å². The second-order valence-corrected chi connectivity index (χ2v) is 8.72. The van der Waals surface area contributed by atoms with E-state index < -0.39 is 32.7 Å². The summed E-state index contributed by atoms with van der Waals surface area (Å²) in [4.78, 5) is 12.6. The predicted octanol–water partition coefficient (Wildman–Crippen LogP) is 4.02. The fourth-order valence-corrected chi connectivity index (χ4v) is 4.49. The maximum Gasteiger partial charge on any atom is 0.245 e. The molecule has 0 aliphatic carbocycles. The zero-order chi connectivity index (χ0) is 22.4. The monoisotopic (exact) mass is 462 g/mol. The molecular formula is C22H20ClFN2O4S. The Labute approximate surface area is 185 Å². The standard InChI is InChI=1S/C22H20ClFN2O4S/c1-30-20-12-11-16(24)14-21(20)31(28,29)26-19(13-15-7-3-2-4-8-15)22(27)25-18-10-6-5-9-17(18)23/h2-12,14,19,26H,13H2,1H3,(H,25,27). The maximum absolute atomic E-state index is 13.7. The first-order valence-electron chi connectivity index (χ1n) is 9.25. The van der Waals surface area contributed by atoms with E-state index in [-0.39, 0.29) is 12.2 Å². The first kappa shape index (κ1) is 22.7. The van der Waals surface area contributed by atoms with E-state index in [9.17, 15) is 17.6 Å². The van der Waals surface area contributed by atoms with Gasteiger partial charge < -0.3 is 10.1 Å². The Balaban J connectivity index is 1.93. The number of methoxy groups -OCH3 is 1. The summed E-state index contributed by atoms with van der Waals surface area (Å²) >= 11 is 6.11. The SMILES string of the molecule is COc1ccc(F)cc1S(=O)(=O)NC(Cc1ccccc1)C(=O)Nc1ccccc1Cl. The minimum Gasteiger partial charge on any atom is -0.495 e. The molecule has 6 nitrogen and oxygen atoms in total. The Hall–Kier alpha value is -2.94. The minimum atomic E-state index is -4.30. The van der Waals surface area contributed by atoms with Gasteiger partial charge in [-0.25, -0.2) is 12.8 Å². The molecule has 0 aromatic heterocycles. The Bertz CT molecular complexity index is 1170. The van der Waals surface area contributed by atoms with Crippen LogP contribution in [-0.2, 0) is 21.2 Å². The number of hydrogen-bond acceptors (Lipinski definition) is 4. The van der Waals surface area contributed by atoms with Crippen LogP contribution in [0.3, 0.4) is 0 Å². The van der Waals surface area contributed by atoms with E-state index in [0.29, 0.717) is 10.7 Å². The predicted molar refractivity (Wildman–Crippen MR) is 117 cm³/mol. The topological polar surface area (TPSA) is 84.5 Å². The normalized spacial score (nSPS) is 12.2. The summed E-state index contributed by atoms with van der Waals surface area (Å²) in [5, 5.41) is 2.95. The Morgan fingerprint density at radius 1 is 1.06 bits per heavy atom. The van der Waals surface area contributed by atoms with Gasteiger partial charge in [0.25, 0.3) is 0 Å². The molecular weight excluding hydrogens is 443 g/mol. The van der Waals surface area contributed by atoms with Crippen molar-refractivity contribution in [1.82, 2.24) is 4.72 Å². The molecule has 31 heavy (non-hydrogen) atoms. The van der Waals surface area contributed by atoms with Crippen molar-refractivity contribution in [2.45, 2.75) is 17.4 Å². The summed E-state index contributed by atoms with van der Waals surface area (Å²) < 4.78 is 47.2. The average molecular weight is 463 g/mol. The Morgan fingerprint density at radius 2 is 1.74 bits per heavy atom. The van der Waals surface area contributed by atoms with E-state index in [0.717, 1.165) is 17.7 Å². The fourth-order valence-electron chi connectivity index (χ4n) is 2.93. The molecule has 0 radical (unpaired) electrons. The number of carbonyl (C=O) groups excluding carboxylic acids is 1. The number of rotatable bonds is 8. The molecule has 9 heteroatoms. The lowest BCUT2D eigenvalue weighted by molar-refractivity contribution is -0.117. The summed E-state index contributed by atoms with van der Waals surface area (Å²) in [5.41, 5.74) is 1.07. The molecule has 1 amide bonds. The van der Waals surface area contributed by atoms with Crippen LogP contribution in [0.2, 0.25) is 5.02 Å². The van der Waals surface area contributed by atoms with Crippen LogP contribution in [0.1, 0.15) is 5.56 Å². The van der Waals surface area contributed by atoms with E-state index in [1.807, 2.05) is 6.07 Å². The third kappa shape index (κ3) is 5.81. The van der Waals surface area contributed by atoms with Crippen LogP contribution < -0.4 is 14.8 Å². The highest BCUT2D eigenvalue weighted by Crippen LogP contribution is 2.25. The number of para-hydroxylation sites is 1. The number of halogens is 2. The fraction of sp³-hybridized carbons (Fsp3) is 0.136. The number of amides is 1. The van der Waals surface area contributed by atoms with Gasteiger partial charge in [0.1, 0.15) is 22.5 Å². The van der Waals surface area contributed by atoms with E-state index in [1.165, 1.54) is 13.2 Å². The number of anilines is 1. The van der Waals surface area contributed by atoms with Crippen LogP contribution in [-0.4, -0.2) is 27.5 Å². The van der Waals surface area contributed by atoms with E-state index in [2.05, 4.69) is 10.0 Å². The van der Waals surface area contributed by atoms with E-state index in [4.69, 9.17) is 16.3 Å². The lowest BCUT2D eigenvalue weighted by atomic mass is 10.1. The lowest BCUT2D eigenvalue weighted by Crippen LogP contribution is -2.45. The maximum atomic E-state index is 13.7. The van der Waals surface area contributed by atoms with Crippen molar-refractivity contribution in [2.24, 2.45) is 0 Å². The molecule has 0 saturated carbocycles. The molecule has 1 unspecified atom stereocenters. The summed E-state index contributed by atoms with van der Waals surface area (Å²) in [5.74, 6) is -1.41. The van der Waals surface area contributed by atoms with Gasteiger partial charge in [0.05, 0.1) is 17.8 Å². The van der Waals surface area contributed by atoms with Gasteiger partial charge in [0.15, 0.2) is 0 Å². The number of hydrogen-bond donors (Lipinski definition) is 2. The lowest BCUT2D eigenvalue weighted by Gasteiger charge is -2.20. The van der Waals surface area contributed by atoms with Crippen LogP contribution in [0.4, 0.5) is 10.1 Å². The zero-order valence-corrected chi connectivity index (χ0v) is 18.1. The molecule has 3 aromatic rings. The van der Waals surface area contributed by atoms with Crippen molar-refractivity contribution in [3.63, 3.8) is 0 Å². The molecule has 0 bridgehead atoms. The smallest absolute Gasteiger partial charge is 0.245 e. The first-order chi connectivity index (χ1) is 14.8. The molecule has 0 spiro atoms. The van der Waals surface area contributed by atoms with Crippen LogP contribution in [0.5, 0.6) is 5.75 Å². The third-order valence-corrected chi connectivity index (χ3v) is 6.27. The summed E-state index contributed by atoms with van der Waals surface area (Å²) in [7, 11) is -3.03. The third-order valence-electron chi connectivity index (χ3n) is 4.44. The van der Waals surface area contributed by atoms with E-state index >= 15 is 0 Å². The highest BCUT2D eigenvalue weighted by atomic mass is 35.5. The highest BCUT2D eigenvalue weighted by molar-refractivity contribution is 7.89. The quantitative estimate of drug-likeness (QED) is 0.529. The van der Waals surface area contributed by atoms with Crippen molar-refractivity contribution in [3.05, 3.63) is 89.2 Å². The van der Waals surface area contributed by atoms with Gasteiger partial charge >= 0.3 is 0 Å².